The molecule has 20 heavy (non-hydrogen) atoms. The largest absolute Gasteiger partial charge is 0.416 e. The van der Waals surface area contributed by atoms with Gasteiger partial charge >= 0.3 is 6.18 Å². The third-order valence-electron chi connectivity index (χ3n) is 2.88. The molecule has 1 heterocycles. The van der Waals surface area contributed by atoms with Gasteiger partial charge < -0.3 is 0 Å². The molecule has 1 aromatic heterocycles. The summed E-state index contributed by atoms with van der Waals surface area (Å²) in [6.45, 7) is 1.96. The molecule has 0 amide bonds. The zero-order valence-electron chi connectivity index (χ0n) is 10.5. The summed E-state index contributed by atoms with van der Waals surface area (Å²) in [5, 5.41) is -0.914. The third-order valence-corrected chi connectivity index (χ3v) is 4.77. The molecule has 0 nitrogen and oxygen atoms in total. The smallest absolute Gasteiger partial charge is 0.207 e. The van der Waals surface area contributed by atoms with Crippen molar-refractivity contribution in [3.63, 3.8) is 0 Å². The molecule has 6 heteroatoms. The van der Waals surface area contributed by atoms with E-state index in [1.807, 2.05) is 13.0 Å². The Kier molecular flexibility index (Phi) is 4.39. The Morgan fingerprint density at radius 3 is 2.45 bits per heavy atom. The van der Waals surface area contributed by atoms with Crippen molar-refractivity contribution in [1.82, 2.24) is 0 Å². The molecule has 0 saturated heterocycles. The standard InChI is InChI=1S/C14H11ClF4S/c1-2-9-4-6-12(20-9)13(15)10-7-8(14(17,18)19)3-5-11(10)16/h3-7,13H,2H2,1H3. The second-order valence-electron chi connectivity index (χ2n) is 4.25. The number of aryl methyl sites for hydroxylation is 1. The van der Waals surface area contributed by atoms with Gasteiger partial charge in [-0.2, -0.15) is 13.2 Å². The Balaban J connectivity index is 2.40. The van der Waals surface area contributed by atoms with Gasteiger partial charge in [0.1, 0.15) is 5.82 Å². The molecule has 2 rings (SSSR count). The first-order chi connectivity index (χ1) is 9.32. The van der Waals surface area contributed by atoms with Crippen LogP contribution in [0.25, 0.3) is 0 Å². The summed E-state index contributed by atoms with van der Waals surface area (Å²) in [5.41, 5.74) is -1.04. The predicted molar refractivity (Wildman–Crippen MR) is 72.8 cm³/mol. The van der Waals surface area contributed by atoms with Crippen LogP contribution in [0.4, 0.5) is 17.6 Å². The van der Waals surface area contributed by atoms with E-state index in [1.54, 1.807) is 6.07 Å². The highest BCUT2D eigenvalue weighted by Crippen LogP contribution is 2.38. The Morgan fingerprint density at radius 2 is 1.90 bits per heavy atom. The number of alkyl halides is 4. The average molecular weight is 323 g/mol. The van der Waals surface area contributed by atoms with Crippen LogP contribution in [0.15, 0.2) is 30.3 Å². The van der Waals surface area contributed by atoms with Crippen LogP contribution >= 0.6 is 22.9 Å². The molecule has 0 N–H and O–H groups in total. The van der Waals surface area contributed by atoms with Gasteiger partial charge in [0.05, 0.1) is 10.9 Å². The minimum absolute atomic E-state index is 0.147. The lowest BCUT2D eigenvalue weighted by Crippen LogP contribution is -2.07. The first kappa shape index (κ1) is 15.3. The summed E-state index contributed by atoms with van der Waals surface area (Å²) in [7, 11) is 0. The Bertz CT molecular complexity index is 603. The molecular weight excluding hydrogens is 312 g/mol. The van der Waals surface area contributed by atoms with E-state index < -0.39 is 22.9 Å². The fraction of sp³-hybridized carbons (Fsp3) is 0.286. The molecule has 0 aliphatic heterocycles. The van der Waals surface area contributed by atoms with Crippen LogP contribution in [-0.4, -0.2) is 0 Å². The van der Waals surface area contributed by atoms with Crippen LogP contribution < -0.4 is 0 Å². The number of hydrogen-bond donors (Lipinski definition) is 0. The lowest BCUT2D eigenvalue weighted by molar-refractivity contribution is -0.137. The van der Waals surface area contributed by atoms with Crippen molar-refractivity contribution >= 4 is 22.9 Å². The van der Waals surface area contributed by atoms with E-state index in [0.29, 0.717) is 10.9 Å². The molecule has 2 aromatic rings. The van der Waals surface area contributed by atoms with Gasteiger partial charge in [-0.3, -0.25) is 0 Å². The summed E-state index contributed by atoms with van der Waals surface area (Å²) < 4.78 is 51.7. The van der Waals surface area contributed by atoms with E-state index in [2.05, 4.69) is 0 Å². The molecule has 0 radical (unpaired) electrons. The fourth-order valence-electron chi connectivity index (χ4n) is 1.79. The number of rotatable bonds is 3. The van der Waals surface area contributed by atoms with Gasteiger partial charge in [-0.1, -0.05) is 6.92 Å². The van der Waals surface area contributed by atoms with E-state index in [0.717, 1.165) is 23.4 Å². The summed E-state index contributed by atoms with van der Waals surface area (Å²) in [6, 6.07) is 5.87. The highest BCUT2D eigenvalue weighted by atomic mass is 35.5. The summed E-state index contributed by atoms with van der Waals surface area (Å²) in [4.78, 5) is 1.69. The Labute approximate surface area is 123 Å². The minimum Gasteiger partial charge on any atom is -0.207 e. The third kappa shape index (κ3) is 3.15. The number of thiophene rings is 1. The molecule has 0 aliphatic carbocycles. The lowest BCUT2D eigenvalue weighted by Gasteiger charge is -2.13. The Morgan fingerprint density at radius 1 is 1.20 bits per heavy atom. The first-order valence-electron chi connectivity index (χ1n) is 5.92. The van der Waals surface area contributed by atoms with Crippen molar-refractivity contribution in [2.24, 2.45) is 0 Å². The van der Waals surface area contributed by atoms with Gasteiger partial charge in [0, 0.05) is 15.3 Å². The van der Waals surface area contributed by atoms with Gasteiger partial charge in [-0.05, 0) is 36.8 Å². The first-order valence-corrected chi connectivity index (χ1v) is 7.17. The summed E-state index contributed by atoms with van der Waals surface area (Å²) in [5.74, 6) is -0.732. The molecule has 1 atom stereocenters. The summed E-state index contributed by atoms with van der Waals surface area (Å²) in [6.07, 6.45) is -3.71. The number of halogens is 5. The van der Waals surface area contributed by atoms with E-state index in [-0.39, 0.29) is 5.56 Å². The molecule has 108 valence electrons. The molecule has 0 fully saturated rings. The van der Waals surface area contributed by atoms with Gasteiger partial charge in [-0.25, -0.2) is 4.39 Å². The quantitative estimate of drug-likeness (QED) is 0.495. The van der Waals surface area contributed by atoms with Crippen LogP contribution in [0.3, 0.4) is 0 Å². The molecule has 1 unspecified atom stereocenters. The van der Waals surface area contributed by atoms with E-state index in [4.69, 9.17) is 11.6 Å². The van der Waals surface area contributed by atoms with Crippen LogP contribution in [0.2, 0.25) is 0 Å². The molecular formula is C14H11ClF4S. The SMILES string of the molecule is CCc1ccc(C(Cl)c2cc(C(F)(F)F)ccc2F)s1. The van der Waals surface area contributed by atoms with Crippen molar-refractivity contribution < 1.29 is 17.6 Å². The summed E-state index contributed by atoms with van der Waals surface area (Å²) >= 11 is 7.51. The second kappa shape index (κ2) is 5.74. The van der Waals surface area contributed by atoms with Gasteiger partial charge in [0.25, 0.3) is 0 Å². The molecule has 1 aromatic carbocycles. The normalized spacial score (nSPS) is 13.5. The molecule has 0 saturated carbocycles. The van der Waals surface area contributed by atoms with E-state index in [9.17, 15) is 17.6 Å². The molecule has 0 aliphatic rings. The average Bonchev–Trinajstić information content (AvgIpc) is 2.86. The maximum atomic E-state index is 13.7. The zero-order chi connectivity index (χ0) is 14.9. The maximum absolute atomic E-state index is 13.7. The van der Waals surface area contributed by atoms with Crippen molar-refractivity contribution in [3.8, 4) is 0 Å². The zero-order valence-corrected chi connectivity index (χ0v) is 12.0. The minimum atomic E-state index is -4.51. The van der Waals surface area contributed by atoms with Gasteiger partial charge in [-0.15, -0.1) is 22.9 Å². The highest BCUT2D eigenvalue weighted by molar-refractivity contribution is 7.12. The molecule has 0 spiro atoms. The van der Waals surface area contributed by atoms with Crippen LogP contribution in [0.1, 0.15) is 33.2 Å². The van der Waals surface area contributed by atoms with Gasteiger partial charge in [0.2, 0.25) is 0 Å². The van der Waals surface area contributed by atoms with Crippen molar-refractivity contribution in [3.05, 3.63) is 57.0 Å². The van der Waals surface area contributed by atoms with E-state index in [1.165, 1.54) is 11.3 Å². The van der Waals surface area contributed by atoms with Crippen LogP contribution in [0.5, 0.6) is 0 Å². The molecule has 0 bridgehead atoms. The fourth-order valence-corrected chi connectivity index (χ4v) is 3.11. The highest BCUT2D eigenvalue weighted by Gasteiger charge is 2.32. The lowest BCUT2D eigenvalue weighted by atomic mass is 10.1. The van der Waals surface area contributed by atoms with E-state index >= 15 is 0 Å². The van der Waals surface area contributed by atoms with Crippen LogP contribution in [-0.2, 0) is 12.6 Å². The van der Waals surface area contributed by atoms with Gasteiger partial charge in [0.15, 0.2) is 0 Å². The van der Waals surface area contributed by atoms with Crippen LogP contribution in [0, 0.1) is 5.82 Å². The number of hydrogen-bond acceptors (Lipinski definition) is 1. The van der Waals surface area contributed by atoms with Crippen molar-refractivity contribution in [2.75, 3.05) is 0 Å². The van der Waals surface area contributed by atoms with Crippen molar-refractivity contribution in [2.45, 2.75) is 24.9 Å². The maximum Gasteiger partial charge on any atom is 0.416 e. The predicted octanol–water partition coefficient (Wildman–Crippen LogP) is 5.80. The van der Waals surface area contributed by atoms with Crippen molar-refractivity contribution in [1.29, 1.82) is 0 Å². The monoisotopic (exact) mass is 322 g/mol. The number of benzene rings is 1. The Hall–Kier alpha value is -1.07. The topological polar surface area (TPSA) is 0 Å². The second-order valence-corrected chi connectivity index (χ2v) is 5.89.